The molecule has 1 heterocycles. The number of dihydropyridines is 1. The Balaban J connectivity index is 2.63. The van der Waals surface area contributed by atoms with E-state index in [0.717, 1.165) is 5.70 Å². The molecule has 0 fully saturated rings. The van der Waals surface area contributed by atoms with Crippen LogP contribution in [0.5, 0.6) is 0 Å². The molecule has 0 saturated heterocycles. The van der Waals surface area contributed by atoms with Crippen LogP contribution in [-0.2, 0) is 0 Å². The highest BCUT2D eigenvalue weighted by Gasteiger charge is 2.10. The van der Waals surface area contributed by atoms with Crippen LogP contribution in [0.1, 0.15) is 0 Å². The Morgan fingerprint density at radius 2 is 2.42 bits per heavy atom. The lowest BCUT2D eigenvalue weighted by atomic mass is 10.3. The van der Waals surface area contributed by atoms with Gasteiger partial charge in [-0.25, -0.2) is 0 Å². The largest absolute Gasteiger partial charge is 0.611 e. The van der Waals surface area contributed by atoms with E-state index < -0.39 is 13.1 Å². The lowest BCUT2D eigenvalue weighted by molar-refractivity contribution is -0.156. The summed E-state index contributed by atoms with van der Waals surface area (Å²) in [5.74, 6) is 0. The van der Waals surface area contributed by atoms with Crippen LogP contribution in [0.4, 0.5) is 0 Å². The van der Waals surface area contributed by atoms with E-state index in [-0.39, 0.29) is 0 Å². The van der Waals surface area contributed by atoms with Crippen LogP contribution in [0.25, 0.3) is 0 Å². The summed E-state index contributed by atoms with van der Waals surface area (Å²) in [6.45, 7) is 0. The number of alkyl halides is 1. The van der Waals surface area contributed by atoms with Crippen molar-refractivity contribution in [1.82, 2.24) is 5.32 Å². The molecule has 0 amide bonds. The molecule has 0 aromatic heterocycles. The Hall–Kier alpha value is -0.630. The fourth-order valence-corrected chi connectivity index (χ4v) is 1.16. The first kappa shape index (κ1) is 9.46. The van der Waals surface area contributed by atoms with Crippen molar-refractivity contribution in [3.8, 4) is 0 Å². The summed E-state index contributed by atoms with van der Waals surface area (Å²) >= 11 is 5.60. The fraction of sp³-hybridized carbons (Fsp3) is 0.143. The predicted molar refractivity (Wildman–Crippen MR) is 48.8 cm³/mol. The Morgan fingerprint density at radius 3 is 2.92 bits per heavy atom. The number of hydrogen-bond donors (Lipinski definition) is 2. The van der Waals surface area contributed by atoms with Gasteiger partial charge in [0.05, 0.1) is 0 Å². The molecule has 1 aliphatic heterocycles. The molecule has 2 atom stereocenters. The molecule has 5 heteroatoms. The maximum atomic E-state index is 10.6. The molecule has 2 unspecified atom stereocenters. The molecule has 0 radical (unpaired) electrons. The molecular formula is C7H8ClN2OP. The van der Waals surface area contributed by atoms with E-state index in [2.05, 4.69) is 5.32 Å². The zero-order chi connectivity index (χ0) is 8.97. The van der Waals surface area contributed by atoms with Crippen molar-refractivity contribution in [2.75, 3.05) is 0 Å². The Morgan fingerprint density at radius 1 is 1.67 bits per heavy atom. The van der Waals surface area contributed by atoms with E-state index >= 15 is 0 Å². The Labute approximate surface area is 76.8 Å². The van der Waals surface area contributed by atoms with E-state index in [1.807, 2.05) is 12.2 Å². The minimum atomic E-state index is -2.10. The standard InChI is InChI=1S/C7H8ClN2OP/c8-7(12(9)11)5-6-3-1-2-4-10-6/h1-5,7,9-10H. The van der Waals surface area contributed by atoms with Crippen molar-refractivity contribution in [3.05, 3.63) is 36.2 Å². The zero-order valence-electron chi connectivity index (χ0n) is 6.20. The molecule has 0 aromatic rings. The van der Waals surface area contributed by atoms with E-state index in [4.69, 9.17) is 16.8 Å². The van der Waals surface area contributed by atoms with Gasteiger partial charge in [-0.2, -0.15) is 0 Å². The first-order chi connectivity index (χ1) is 5.70. The zero-order valence-corrected chi connectivity index (χ0v) is 7.85. The van der Waals surface area contributed by atoms with Crippen LogP contribution in [0.3, 0.4) is 0 Å². The summed E-state index contributed by atoms with van der Waals surface area (Å²) in [6, 6.07) is 0. The van der Waals surface area contributed by atoms with Crippen molar-refractivity contribution >= 4 is 19.5 Å². The number of allylic oxidation sites excluding steroid dienone is 4. The van der Waals surface area contributed by atoms with E-state index in [9.17, 15) is 4.89 Å². The number of halogens is 1. The maximum Gasteiger partial charge on any atom is 0.226 e. The maximum absolute atomic E-state index is 10.6. The molecule has 0 spiro atoms. The summed E-state index contributed by atoms with van der Waals surface area (Å²) in [7, 11) is -2.10. The van der Waals surface area contributed by atoms with Crippen LogP contribution in [-0.4, -0.2) is 5.12 Å². The molecule has 2 N–H and O–H groups in total. The van der Waals surface area contributed by atoms with E-state index in [0.29, 0.717) is 0 Å². The monoisotopic (exact) mass is 202 g/mol. The van der Waals surface area contributed by atoms with Gasteiger partial charge in [0.15, 0.2) is 7.94 Å². The first-order valence-electron chi connectivity index (χ1n) is 3.33. The van der Waals surface area contributed by atoms with Gasteiger partial charge in [0.1, 0.15) is 0 Å². The van der Waals surface area contributed by atoms with Gasteiger partial charge < -0.3 is 10.2 Å². The topological polar surface area (TPSA) is 58.9 Å². The van der Waals surface area contributed by atoms with Crippen molar-refractivity contribution < 1.29 is 4.89 Å². The SMILES string of the molecule is N=[P+]([O-])C(Cl)C=C1C=CC=CN1. The van der Waals surface area contributed by atoms with Gasteiger partial charge in [-0.1, -0.05) is 17.7 Å². The average molecular weight is 203 g/mol. The van der Waals surface area contributed by atoms with Gasteiger partial charge in [-0.15, -0.1) is 5.16 Å². The third-order valence-corrected chi connectivity index (χ3v) is 2.53. The molecule has 1 rings (SSSR count). The molecule has 3 nitrogen and oxygen atoms in total. The van der Waals surface area contributed by atoms with Crippen LogP contribution in [0, 0.1) is 5.16 Å². The van der Waals surface area contributed by atoms with Gasteiger partial charge >= 0.3 is 0 Å². The smallest absolute Gasteiger partial charge is 0.226 e. The second-order valence-electron chi connectivity index (χ2n) is 2.18. The molecule has 64 valence electrons. The fourth-order valence-electron chi connectivity index (χ4n) is 0.727. The number of rotatable bonds is 2. The second-order valence-corrected chi connectivity index (χ2v) is 4.17. The molecule has 0 saturated carbocycles. The molecule has 0 aromatic carbocycles. The van der Waals surface area contributed by atoms with Crippen molar-refractivity contribution in [1.29, 1.82) is 5.16 Å². The summed E-state index contributed by atoms with van der Waals surface area (Å²) in [4.78, 5) is 10.6. The molecule has 0 bridgehead atoms. The van der Waals surface area contributed by atoms with Gasteiger partial charge in [0, 0.05) is 18.0 Å². The summed E-state index contributed by atoms with van der Waals surface area (Å²) in [5.41, 5.74) is 0.771. The summed E-state index contributed by atoms with van der Waals surface area (Å²) in [6.07, 6.45) is 8.78. The van der Waals surface area contributed by atoms with Crippen molar-refractivity contribution in [3.63, 3.8) is 0 Å². The molecular weight excluding hydrogens is 195 g/mol. The predicted octanol–water partition coefficient (Wildman–Crippen LogP) is 1.63. The lowest BCUT2D eigenvalue weighted by Crippen LogP contribution is -2.07. The third kappa shape index (κ3) is 2.78. The highest BCUT2D eigenvalue weighted by molar-refractivity contribution is 7.41. The van der Waals surface area contributed by atoms with Gasteiger partial charge in [-0.3, -0.25) is 0 Å². The highest BCUT2D eigenvalue weighted by Crippen LogP contribution is 2.24. The van der Waals surface area contributed by atoms with Crippen molar-refractivity contribution in [2.24, 2.45) is 0 Å². The Bertz CT molecular complexity index is 273. The quantitative estimate of drug-likeness (QED) is 0.528. The minimum absolute atomic E-state index is 0.723. The van der Waals surface area contributed by atoms with Crippen LogP contribution in [0.2, 0.25) is 0 Å². The second kappa shape index (κ2) is 4.41. The Kier molecular flexibility index (Phi) is 3.48. The van der Waals surface area contributed by atoms with Crippen LogP contribution >= 0.6 is 19.5 Å². The highest BCUT2D eigenvalue weighted by atomic mass is 35.5. The molecule has 0 aliphatic carbocycles. The van der Waals surface area contributed by atoms with Crippen molar-refractivity contribution in [2.45, 2.75) is 5.12 Å². The normalized spacial score (nSPS) is 22.2. The van der Waals surface area contributed by atoms with Crippen LogP contribution < -0.4 is 10.2 Å². The third-order valence-electron chi connectivity index (χ3n) is 1.27. The van der Waals surface area contributed by atoms with Gasteiger partial charge in [0.2, 0.25) is 5.12 Å². The first-order valence-corrected chi connectivity index (χ1v) is 5.10. The van der Waals surface area contributed by atoms with Crippen LogP contribution in [0.15, 0.2) is 36.2 Å². The summed E-state index contributed by atoms with van der Waals surface area (Å²) in [5, 5.41) is 9.04. The van der Waals surface area contributed by atoms with E-state index in [1.54, 1.807) is 18.4 Å². The average Bonchev–Trinajstić information content (AvgIpc) is 2.06. The number of nitrogens with one attached hydrogen (secondary N) is 2. The molecule has 1 aliphatic rings. The van der Waals surface area contributed by atoms with Gasteiger partial charge in [-0.05, 0) is 12.2 Å². The van der Waals surface area contributed by atoms with Gasteiger partial charge in [0.25, 0.3) is 0 Å². The molecule has 12 heavy (non-hydrogen) atoms. The minimum Gasteiger partial charge on any atom is -0.611 e. The number of hydrogen-bond acceptors (Lipinski definition) is 3. The lowest BCUT2D eigenvalue weighted by Gasteiger charge is -2.05. The summed E-state index contributed by atoms with van der Waals surface area (Å²) < 4.78 is 0. The van der Waals surface area contributed by atoms with E-state index in [1.165, 1.54) is 0 Å².